The number of hydrogen-bond acceptors (Lipinski definition) is 4. The SMILES string of the molecule is CCC(C)(C(=O)NC(C)c1ncn[nH]1)C(N)=S. The molecule has 17 heavy (non-hydrogen) atoms. The molecule has 6 nitrogen and oxygen atoms in total. The first-order valence-electron chi connectivity index (χ1n) is 5.38. The summed E-state index contributed by atoms with van der Waals surface area (Å²) in [5.41, 5.74) is 4.78. The quantitative estimate of drug-likeness (QED) is 0.672. The molecule has 0 saturated heterocycles. The maximum Gasteiger partial charge on any atom is 0.233 e. The zero-order valence-corrected chi connectivity index (χ0v) is 11.0. The van der Waals surface area contributed by atoms with Gasteiger partial charge in [0.05, 0.1) is 16.4 Å². The molecule has 1 aromatic heterocycles. The van der Waals surface area contributed by atoms with Crippen LogP contribution in [0, 0.1) is 5.41 Å². The van der Waals surface area contributed by atoms with Crippen LogP contribution in [-0.4, -0.2) is 26.1 Å². The van der Waals surface area contributed by atoms with Crippen LogP contribution in [0.25, 0.3) is 0 Å². The molecule has 1 rings (SSSR count). The molecule has 0 spiro atoms. The van der Waals surface area contributed by atoms with Crippen LogP contribution in [0.3, 0.4) is 0 Å². The third-order valence-corrected chi connectivity index (χ3v) is 3.39. The lowest BCUT2D eigenvalue weighted by atomic mass is 9.86. The summed E-state index contributed by atoms with van der Waals surface area (Å²) in [6.45, 7) is 5.42. The maximum absolute atomic E-state index is 12.1. The molecule has 1 amide bonds. The highest BCUT2D eigenvalue weighted by atomic mass is 32.1. The first kappa shape index (κ1) is 13.6. The van der Waals surface area contributed by atoms with E-state index in [0.29, 0.717) is 12.2 Å². The summed E-state index contributed by atoms with van der Waals surface area (Å²) in [4.78, 5) is 16.3. The Hall–Kier alpha value is -1.50. The van der Waals surface area contributed by atoms with Crippen LogP contribution in [0.1, 0.15) is 39.1 Å². The van der Waals surface area contributed by atoms with E-state index in [9.17, 15) is 4.79 Å². The molecule has 1 aromatic rings. The number of nitrogens with zero attached hydrogens (tertiary/aromatic N) is 2. The van der Waals surface area contributed by atoms with Crippen molar-refractivity contribution in [2.45, 2.75) is 33.2 Å². The van der Waals surface area contributed by atoms with Gasteiger partial charge in [0, 0.05) is 0 Å². The van der Waals surface area contributed by atoms with Crippen molar-refractivity contribution in [3.8, 4) is 0 Å². The standard InChI is InChI=1S/C10H17N5OS/c1-4-10(3,8(11)17)9(16)14-6(2)7-12-5-13-15-7/h5-6H,4H2,1-3H3,(H2,11,17)(H,14,16)(H,12,13,15). The number of nitrogens with one attached hydrogen (secondary N) is 2. The maximum atomic E-state index is 12.1. The van der Waals surface area contributed by atoms with Crippen molar-refractivity contribution < 1.29 is 4.79 Å². The molecule has 0 aromatic carbocycles. The van der Waals surface area contributed by atoms with Gasteiger partial charge < -0.3 is 11.1 Å². The number of nitrogens with two attached hydrogens (primary N) is 1. The van der Waals surface area contributed by atoms with Crippen molar-refractivity contribution in [3.05, 3.63) is 12.2 Å². The van der Waals surface area contributed by atoms with Gasteiger partial charge in [-0.25, -0.2) is 4.98 Å². The minimum absolute atomic E-state index is 0.197. The fourth-order valence-corrected chi connectivity index (χ4v) is 1.53. The number of aromatic nitrogens is 3. The second-order valence-electron chi connectivity index (χ2n) is 4.12. The molecule has 0 aliphatic carbocycles. The molecule has 0 fully saturated rings. The highest BCUT2D eigenvalue weighted by Crippen LogP contribution is 2.23. The fraction of sp³-hybridized carbons (Fsp3) is 0.600. The van der Waals surface area contributed by atoms with Gasteiger partial charge in [-0.2, -0.15) is 5.10 Å². The molecule has 0 bridgehead atoms. The molecule has 0 aliphatic heterocycles. The highest BCUT2D eigenvalue weighted by molar-refractivity contribution is 7.80. The van der Waals surface area contributed by atoms with Crippen molar-refractivity contribution in [3.63, 3.8) is 0 Å². The molecular formula is C10H17N5OS. The minimum Gasteiger partial charge on any atom is -0.392 e. The molecule has 0 saturated carbocycles. The summed E-state index contributed by atoms with van der Waals surface area (Å²) in [7, 11) is 0. The van der Waals surface area contributed by atoms with Gasteiger partial charge in [0.25, 0.3) is 0 Å². The number of carbonyl (C=O) groups excluding carboxylic acids is 1. The van der Waals surface area contributed by atoms with E-state index in [-0.39, 0.29) is 16.9 Å². The zero-order valence-electron chi connectivity index (χ0n) is 10.2. The molecule has 0 aliphatic rings. The smallest absolute Gasteiger partial charge is 0.233 e. The van der Waals surface area contributed by atoms with E-state index in [1.54, 1.807) is 6.92 Å². The number of H-pyrrole nitrogens is 1. The van der Waals surface area contributed by atoms with Crippen molar-refractivity contribution in [2.75, 3.05) is 0 Å². The van der Waals surface area contributed by atoms with Gasteiger partial charge in [-0.1, -0.05) is 19.1 Å². The van der Waals surface area contributed by atoms with Gasteiger partial charge in [-0.3, -0.25) is 9.89 Å². The number of aromatic amines is 1. The number of hydrogen-bond donors (Lipinski definition) is 3. The summed E-state index contributed by atoms with van der Waals surface area (Å²) >= 11 is 4.94. The van der Waals surface area contributed by atoms with Gasteiger partial charge in [0.2, 0.25) is 5.91 Å². The lowest BCUT2D eigenvalue weighted by Gasteiger charge is -2.27. The first-order chi connectivity index (χ1) is 7.91. The second kappa shape index (κ2) is 5.22. The van der Waals surface area contributed by atoms with Crippen LogP contribution in [0.4, 0.5) is 0 Å². The molecular weight excluding hydrogens is 238 g/mol. The van der Waals surface area contributed by atoms with Crippen LogP contribution in [-0.2, 0) is 4.79 Å². The van der Waals surface area contributed by atoms with E-state index in [1.807, 2.05) is 13.8 Å². The van der Waals surface area contributed by atoms with Gasteiger partial charge >= 0.3 is 0 Å². The summed E-state index contributed by atoms with van der Waals surface area (Å²) < 4.78 is 0. The van der Waals surface area contributed by atoms with Crippen molar-refractivity contribution in [2.24, 2.45) is 11.1 Å². The Morgan fingerprint density at radius 3 is 2.82 bits per heavy atom. The van der Waals surface area contributed by atoms with Crippen LogP contribution in [0.5, 0.6) is 0 Å². The Labute approximate surface area is 105 Å². The Balaban J connectivity index is 2.75. The van der Waals surface area contributed by atoms with Crippen molar-refractivity contribution >= 4 is 23.1 Å². The number of amides is 1. The molecule has 2 atom stereocenters. The number of rotatable bonds is 5. The third kappa shape index (κ3) is 2.79. The number of thiocarbonyl (C=S) groups is 1. The largest absolute Gasteiger partial charge is 0.392 e. The van der Waals surface area contributed by atoms with Gasteiger partial charge in [0.15, 0.2) is 0 Å². The number of carbonyl (C=O) groups is 1. The summed E-state index contributed by atoms with van der Waals surface area (Å²) in [6, 6.07) is -0.259. The van der Waals surface area contributed by atoms with E-state index in [4.69, 9.17) is 18.0 Å². The van der Waals surface area contributed by atoms with Crippen LogP contribution in [0.2, 0.25) is 0 Å². The monoisotopic (exact) mass is 255 g/mol. The van der Waals surface area contributed by atoms with E-state index in [1.165, 1.54) is 6.33 Å². The molecule has 4 N–H and O–H groups in total. The third-order valence-electron chi connectivity index (χ3n) is 2.94. The average Bonchev–Trinajstić information content (AvgIpc) is 2.80. The van der Waals surface area contributed by atoms with E-state index < -0.39 is 5.41 Å². The Morgan fingerprint density at radius 2 is 2.41 bits per heavy atom. The van der Waals surface area contributed by atoms with E-state index >= 15 is 0 Å². The normalized spacial score (nSPS) is 15.9. The van der Waals surface area contributed by atoms with Gasteiger partial charge in [-0.05, 0) is 20.3 Å². The first-order valence-corrected chi connectivity index (χ1v) is 5.78. The summed E-state index contributed by atoms with van der Waals surface area (Å²) in [6.07, 6.45) is 1.95. The lowest BCUT2D eigenvalue weighted by molar-refractivity contribution is -0.127. The predicted molar refractivity (Wildman–Crippen MR) is 68.1 cm³/mol. The Kier molecular flexibility index (Phi) is 4.17. The fourth-order valence-electron chi connectivity index (χ4n) is 1.29. The Morgan fingerprint density at radius 1 is 1.76 bits per heavy atom. The molecule has 0 radical (unpaired) electrons. The predicted octanol–water partition coefficient (Wildman–Crippen LogP) is 0.684. The van der Waals surface area contributed by atoms with Crippen LogP contribution < -0.4 is 11.1 Å². The van der Waals surface area contributed by atoms with Gasteiger partial charge in [0.1, 0.15) is 12.2 Å². The topological polar surface area (TPSA) is 96.7 Å². The summed E-state index contributed by atoms with van der Waals surface area (Å²) in [5.74, 6) is 0.399. The lowest BCUT2D eigenvalue weighted by Crippen LogP contribution is -2.47. The molecule has 94 valence electrons. The van der Waals surface area contributed by atoms with Crippen LogP contribution >= 0.6 is 12.2 Å². The van der Waals surface area contributed by atoms with Crippen molar-refractivity contribution in [1.82, 2.24) is 20.5 Å². The summed E-state index contributed by atoms with van der Waals surface area (Å²) in [5, 5.41) is 9.25. The zero-order chi connectivity index (χ0) is 13.1. The molecule has 2 unspecified atom stereocenters. The highest BCUT2D eigenvalue weighted by Gasteiger charge is 2.35. The van der Waals surface area contributed by atoms with Crippen molar-refractivity contribution in [1.29, 1.82) is 0 Å². The molecule has 1 heterocycles. The molecule has 7 heteroatoms. The minimum atomic E-state index is -0.830. The van der Waals surface area contributed by atoms with Gasteiger partial charge in [-0.15, -0.1) is 0 Å². The average molecular weight is 255 g/mol. The Bertz CT molecular complexity index is 405. The second-order valence-corrected chi connectivity index (χ2v) is 4.56. The van der Waals surface area contributed by atoms with Crippen LogP contribution in [0.15, 0.2) is 6.33 Å². The van der Waals surface area contributed by atoms with E-state index in [2.05, 4.69) is 20.5 Å². The van der Waals surface area contributed by atoms with E-state index in [0.717, 1.165) is 0 Å².